The van der Waals surface area contributed by atoms with Gasteiger partial charge in [0.15, 0.2) is 0 Å². The van der Waals surface area contributed by atoms with Gasteiger partial charge in [-0.05, 0) is 79.0 Å². The molecule has 0 amide bonds. The van der Waals surface area contributed by atoms with E-state index in [-0.39, 0.29) is 16.7 Å². The zero-order valence-corrected chi connectivity index (χ0v) is 26.1. The minimum Gasteiger partial charge on any atom is -0.372 e. The van der Waals surface area contributed by atoms with Crippen molar-refractivity contribution in [1.29, 1.82) is 0 Å². The van der Waals surface area contributed by atoms with E-state index in [4.69, 9.17) is 0 Å². The van der Waals surface area contributed by atoms with Crippen LogP contribution in [0.25, 0.3) is 32.9 Å². The van der Waals surface area contributed by atoms with Crippen molar-refractivity contribution < 1.29 is 44.6 Å². The number of aliphatic hydroxyl groups is 1. The lowest BCUT2D eigenvalue weighted by Crippen LogP contribution is -2.59. The molecule has 0 aliphatic heterocycles. The fraction of sp³-hybridized carbons (Fsp3) is 0.188. The summed E-state index contributed by atoms with van der Waals surface area (Å²) < 4.78 is 122. The van der Waals surface area contributed by atoms with E-state index in [9.17, 15) is 44.6 Å². The molecule has 0 bridgehead atoms. The number of hydrogen-bond acceptors (Lipinski definition) is 8. The zero-order chi connectivity index (χ0) is 36.1. The summed E-state index contributed by atoms with van der Waals surface area (Å²) in [5.74, 6) is 0.457. The number of anilines is 3. The highest BCUT2D eigenvalue weighted by Gasteiger charge is 2.70. The van der Waals surface area contributed by atoms with Crippen LogP contribution in [-0.4, -0.2) is 47.8 Å². The fourth-order valence-corrected chi connectivity index (χ4v) is 5.71. The average molecular weight is 724 g/mol. The van der Waals surface area contributed by atoms with E-state index in [1.54, 1.807) is 49.5 Å². The average Bonchev–Trinajstić information content (AvgIpc) is 3.46. The fourth-order valence-electron chi connectivity index (χ4n) is 5.11. The van der Waals surface area contributed by atoms with E-state index < -0.39 is 36.2 Å². The van der Waals surface area contributed by atoms with Gasteiger partial charge < -0.3 is 15.1 Å². The number of benzene rings is 2. The van der Waals surface area contributed by atoms with Crippen LogP contribution in [0, 0.1) is 6.92 Å². The maximum Gasteiger partial charge on any atom is 0.428 e. The molecule has 3 N–H and O–H groups in total. The lowest BCUT2D eigenvalue weighted by atomic mass is 9.98. The molecule has 0 aliphatic carbocycles. The van der Waals surface area contributed by atoms with Gasteiger partial charge in [-0.15, -0.1) is 0 Å². The molecule has 0 aliphatic rings. The number of nitrogens with one attached hydrogen (secondary N) is 2. The summed E-state index contributed by atoms with van der Waals surface area (Å²) in [7, 11) is 0. The van der Waals surface area contributed by atoms with Crippen LogP contribution in [-0.2, 0) is 12.7 Å². The minimum atomic E-state index is -6.00. The summed E-state index contributed by atoms with van der Waals surface area (Å²) in [6, 6.07) is 15.0. The number of nitrogens with zero attached hydrogens (tertiary/aromatic N) is 5. The number of hydrogen-bond donors (Lipinski definition) is 3. The number of pyridine rings is 3. The topological polar surface area (TPSA) is 101 Å². The Labute approximate surface area is 280 Å². The van der Waals surface area contributed by atoms with Crippen LogP contribution in [0.15, 0.2) is 90.3 Å². The van der Waals surface area contributed by atoms with Crippen LogP contribution in [0.5, 0.6) is 0 Å². The van der Waals surface area contributed by atoms with Gasteiger partial charge in [-0.25, -0.2) is 9.97 Å². The summed E-state index contributed by atoms with van der Waals surface area (Å²) >= 11 is 1.07. The lowest BCUT2D eigenvalue weighted by Gasteiger charge is -2.32. The van der Waals surface area contributed by atoms with Crippen molar-refractivity contribution in [2.75, 3.05) is 10.0 Å². The molecule has 6 aromatic rings. The van der Waals surface area contributed by atoms with Crippen molar-refractivity contribution in [2.45, 2.75) is 42.5 Å². The number of halogens is 9. The molecule has 0 radical (unpaired) electrons. The number of aryl methyl sites for hydroxylation is 1. The molecule has 6 rings (SSSR count). The third kappa shape index (κ3) is 6.72. The van der Waals surface area contributed by atoms with Crippen molar-refractivity contribution in [3.8, 4) is 11.3 Å². The quantitative estimate of drug-likeness (QED) is 0.106. The third-order valence-corrected chi connectivity index (χ3v) is 8.62. The number of rotatable bonds is 8. The van der Waals surface area contributed by atoms with Crippen molar-refractivity contribution >= 4 is 50.9 Å². The summed E-state index contributed by atoms with van der Waals surface area (Å²) in [5.41, 5.74) is -3.79. The van der Waals surface area contributed by atoms with Crippen LogP contribution in [0.3, 0.4) is 0 Å². The second kappa shape index (κ2) is 12.7. The molecule has 4 aromatic heterocycles. The Balaban J connectivity index is 1.23. The smallest absolute Gasteiger partial charge is 0.372 e. The normalized spacial score (nSPS) is 12.9. The van der Waals surface area contributed by atoms with Gasteiger partial charge in [-0.2, -0.15) is 44.6 Å². The molecule has 8 nitrogen and oxygen atoms in total. The summed E-state index contributed by atoms with van der Waals surface area (Å²) in [6.07, 6.45) is -11.2. The Morgan fingerprint density at radius 1 is 0.760 bits per heavy atom. The Morgan fingerprint density at radius 3 is 2.14 bits per heavy atom. The number of fused-ring (bicyclic) bond motifs is 2. The molecular weight excluding hydrogens is 701 g/mol. The van der Waals surface area contributed by atoms with Crippen LogP contribution >= 0.6 is 11.9 Å². The summed E-state index contributed by atoms with van der Waals surface area (Å²) in [4.78, 5) is 13.5. The second-order valence-corrected chi connectivity index (χ2v) is 11.9. The molecule has 18 heteroatoms. The maximum absolute atomic E-state index is 13.4. The largest absolute Gasteiger partial charge is 0.428 e. The highest BCUT2D eigenvalue weighted by atomic mass is 32.2. The highest BCUT2D eigenvalue weighted by molar-refractivity contribution is 8.00. The molecule has 260 valence electrons. The van der Waals surface area contributed by atoms with E-state index in [2.05, 4.69) is 30.1 Å². The zero-order valence-electron chi connectivity index (χ0n) is 25.3. The van der Waals surface area contributed by atoms with Crippen LogP contribution in [0.4, 0.5) is 56.8 Å². The van der Waals surface area contributed by atoms with E-state index in [0.717, 1.165) is 36.5 Å². The van der Waals surface area contributed by atoms with Gasteiger partial charge in [0.25, 0.3) is 5.60 Å². The van der Waals surface area contributed by atoms with E-state index >= 15 is 0 Å². The number of alkyl halides is 9. The maximum atomic E-state index is 13.4. The van der Waals surface area contributed by atoms with E-state index in [0.29, 0.717) is 48.7 Å². The van der Waals surface area contributed by atoms with Gasteiger partial charge in [0.05, 0.1) is 29.5 Å². The first-order valence-corrected chi connectivity index (χ1v) is 15.2. The molecule has 0 saturated heterocycles. The lowest BCUT2D eigenvalue weighted by molar-refractivity contribution is -0.372. The first kappa shape index (κ1) is 34.8. The van der Waals surface area contributed by atoms with Crippen molar-refractivity contribution in [3.05, 3.63) is 96.6 Å². The number of aromatic nitrogens is 5. The molecule has 0 fully saturated rings. The first-order chi connectivity index (χ1) is 23.4. The molecule has 50 heavy (non-hydrogen) atoms. The van der Waals surface area contributed by atoms with Gasteiger partial charge in [-0.3, -0.25) is 9.67 Å². The van der Waals surface area contributed by atoms with Gasteiger partial charge >= 0.3 is 18.5 Å². The standard InChI is InChI=1S/C32H22F9N7OS/c1-17-22(6-7-25-24(17)15-45-48(25)16-29(49,31(36,37)38)32(39,40)41)28-23-13-26(44-14-18(23)8-10-43-28)46-20-2-4-21(5-3-20)50-47-27-12-19(9-11-42-27)30(33,34)35/h2-15,49H,16H2,1H3,(H,42,47)(H,44,46). The van der Waals surface area contributed by atoms with E-state index in [1.807, 2.05) is 0 Å². The predicted molar refractivity (Wildman–Crippen MR) is 169 cm³/mol. The Morgan fingerprint density at radius 2 is 1.46 bits per heavy atom. The summed E-state index contributed by atoms with van der Waals surface area (Å²) in [5, 5.41) is 18.2. The van der Waals surface area contributed by atoms with Crippen LogP contribution in [0.2, 0.25) is 0 Å². The van der Waals surface area contributed by atoms with Crippen LogP contribution < -0.4 is 10.0 Å². The molecule has 0 unspecified atom stereocenters. The SMILES string of the molecule is Cc1c(-c2nccc3cnc(Nc4ccc(SNc5cc(C(F)(F)F)ccn5)cc4)cc23)ccc2c1cnn2CC(O)(C(F)(F)F)C(F)(F)F. The third-order valence-electron chi connectivity index (χ3n) is 7.80. The molecule has 0 atom stereocenters. The monoisotopic (exact) mass is 723 g/mol. The second-order valence-electron chi connectivity index (χ2n) is 11.1. The minimum absolute atomic E-state index is 0.0371. The van der Waals surface area contributed by atoms with Crippen molar-refractivity contribution in [3.63, 3.8) is 0 Å². The highest BCUT2D eigenvalue weighted by Crippen LogP contribution is 2.45. The Kier molecular flexibility index (Phi) is 8.80. The van der Waals surface area contributed by atoms with Gasteiger partial charge in [0.2, 0.25) is 0 Å². The predicted octanol–water partition coefficient (Wildman–Crippen LogP) is 9.09. The molecule has 4 heterocycles. The first-order valence-electron chi connectivity index (χ1n) is 14.3. The van der Waals surface area contributed by atoms with Gasteiger partial charge in [0.1, 0.15) is 11.6 Å². The van der Waals surface area contributed by atoms with Gasteiger partial charge in [0, 0.05) is 50.9 Å². The molecule has 0 spiro atoms. The molecular formula is C32H22F9N7OS. The Bertz CT molecular complexity index is 2170. The summed E-state index contributed by atoms with van der Waals surface area (Å²) in [6.45, 7) is -0.263. The van der Waals surface area contributed by atoms with E-state index in [1.165, 1.54) is 18.3 Å². The molecule has 0 saturated carbocycles. The van der Waals surface area contributed by atoms with Gasteiger partial charge in [-0.1, -0.05) is 6.07 Å². The van der Waals surface area contributed by atoms with Crippen molar-refractivity contribution in [1.82, 2.24) is 24.7 Å². The van der Waals surface area contributed by atoms with Crippen LogP contribution in [0.1, 0.15) is 11.1 Å². The molecule has 2 aromatic carbocycles. The Hall–Kier alpha value is -5.10. The van der Waals surface area contributed by atoms with Crippen molar-refractivity contribution in [2.24, 2.45) is 0 Å².